The number of carbonyl (C=O) groups is 1. The number of carboxylic acid groups (broad SMARTS) is 1. The Kier molecular flexibility index (Phi) is 3.10. The standard InChI is InChI=1S/C14H24N2O2/c15-14(13(17)18,11-5-6-11)9-16-8-7-10-3-1-2-4-12(10)16/h10-12H,1-9,15H2,(H,17,18). The molecule has 3 atom stereocenters. The first kappa shape index (κ1) is 12.4. The first-order valence-electron chi connectivity index (χ1n) is 7.37. The molecule has 3 N–H and O–H groups in total. The van der Waals surface area contributed by atoms with E-state index in [9.17, 15) is 9.90 Å². The van der Waals surface area contributed by atoms with Gasteiger partial charge >= 0.3 is 5.97 Å². The summed E-state index contributed by atoms with van der Waals surface area (Å²) in [5.74, 6) is 0.206. The van der Waals surface area contributed by atoms with Gasteiger partial charge in [-0.05, 0) is 50.5 Å². The van der Waals surface area contributed by atoms with Crippen LogP contribution in [0.4, 0.5) is 0 Å². The number of nitrogens with two attached hydrogens (primary N) is 1. The number of aliphatic carboxylic acids is 1. The summed E-state index contributed by atoms with van der Waals surface area (Å²) < 4.78 is 0. The lowest BCUT2D eigenvalue weighted by Gasteiger charge is -2.36. The van der Waals surface area contributed by atoms with Crippen LogP contribution < -0.4 is 5.73 Å². The molecule has 1 heterocycles. The Morgan fingerprint density at radius 3 is 2.61 bits per heavy atom. The van der Waals surface area contributed by atoms with Crippen molar-refractivity contribution < 1.29 is 9.90 Å². The average Bonchev–Trinajstić information content (AvgIpc) is 3.14. The molecule has 1 saturated heterocycles. The van der Waals surface area contributed by atoms with Gasteiger partial charge in [0.1, 0.15) is 5.54 Å². The van der Waals surface area contributed by atoms with E-state index >= 15 is 0 Å². The van der Waals surface area contributed by atoms with Crippen LogP contribution in [0, 0.1) is 11.8 Å². The quantitative estimate of drug-likeness (QED) is 0.794. The molecule has 102 valence electrons. The number of hydrogen-bond acceptors (Lipinski definition) is 3. The molecule has 0 aromatic rings. The van der Waals surface area contributed by atoms with Crippen molar-refractivity contribution in [3.63, 3.8) is 0 Å². The number of hydrogen-bond donors (Lipinski definition) is 2. The number of rotatable bonds is 4. The summed E-state index contributed by atoms with van der Waals surface area (Å²) in [6.45, 7) is 1.61. The molecule has 2 aliphatic carbocycles. The first-order chi connectivity index (χ1) is 8.61. The van der Waals surface area contributed by atoms with Gasteiger partial charge in [0.05, 0.1) is 0 Å². The SMILES string of the molecule is NC(CN1CCC2CCCCC21)(C(=O)O)C1CC1. The van der Waals surface area contributed by atoms with Crippen LogP contribution in [0.15, 0.2) is 0 Å². The molecule has 4 heteroatoms. The second-order valence-electron chi connectivity index (χ2n) is 6.49. The molecule has 3 aliphatic rings. The Morgan fingerprint density at radius 2 is 1.94 bits per heavy atom. The number of fused-ring (bicyclic) bond motifs is 1. The summed E-state index contributed by atoms with van der Waals surface area (Å²) in [6, 6.07) is 0.611. The lowest BCUT2D eigenvalue weighted by molar-refractivity contribution is -0.145. The van der Waals surface area contributed by atoms with E-state index in [4.69, 9.17) is 5.73 Å². The van der Waals surface area contributed by atoms with Gasteiger partial charge in [-0.2, -0.15) is 0 Å². The van der Waals surface area contributed by atoms with Gasteiger partial charge in [0.2, 0.25) is 0 Å². The molecule has 0 aromatic carbocycles. The molecule has 0 bridgehead atoms. The van der Waals surface area contributed by atoms with Gasteiger partial charge in [-0.25, -0.2) is 0 Å². The molecule has 3 fully saturated rings. The van der Waals surface area contributed by atoms with Gasteiger partial charge in [-0.3, -0.25) is 9.69 Å². The third-order valence-electron chi connectivity index (χ3n) is 5.29. The maximum absolute atomic E-state index is 11.5. The zero-order chi connectivity index (χ0) is 12.8. The summed E-state index contributed by atoms with van der Waals surface area (Å²) in [5, 5.41) is 9.45. The molecule has 3 rings (SSSR count). The number of nitrogens with zero attached hydrogens (tertiary/aromatic N) is 1. The molecule has 3 unspecified atom stereocenters. The van der Waals surface area contributed by atoms with E-state index < -0.39 is 11.5 Å². The second-order valence-corrected chi connectivity index (χ2v) is 6.49. The molecular weight excluding hydrogens is 228 g/mol. The van der Waals surface area contributed by atoms with Crippen LogP contribution in [0.5, 0.6) is 0 Å². The second kappa shape index (κ2) is 4.49. The van der Waals surface area contributed by atoms with Gasteiger partial charge < -0.3 is 10.8 Å². The van der Waals surface area contributed by atoms with Crippen LogP contribution in [-0.2, 0) is 4.79 Å². The molecule has 0 amide bonds. The summed E-state index contributed by atoms with van der Waals surface area (Å²) in [7, 11) is 0. The molecule has 1 aliphatic heterocycles. The largest absolute Gasteiger partial charge is 0.480 e. The van der Waals surface area contributed by atoms with Crippen molar-refractivity contribution in [1.29, 1.82) is 0 Å². The van der Waals surface area contributed by atoms with E-state index in [1.165, 1.54) is 32.1 Å². The van der Waals surface area contributed by atoms with Gasteiger partial charge in [0.25, 0.3) is 0 Å². The maximum atomic E-state index is 11.5. The van der Waals surface area contributed by atoms with Crippen molar-refractivity contribution in [2.45, 2.75) is 56.5 Å². The van der Waals surface area contributed by atoms with Crippen molar-refractivity contribution in [2.75, 3.05) is 13.1 Å². The van der Waals surface area contributed by atoms with Crippen LogP contribution in [0.25, 0.3) is 0 Å². The fourth-order valence-electron chi connectivity index (χ4n) is 4.01. The van der Waals surface area contributed by atoms with E-state index in [0.717, 1.165) is 25.3 Å². The fraction of sp³-hybridized carbons (Fsp3) is 0.929. The Morgan fingerprint density at radius 1 is 1.22 bits per heavy atom. The smallest absolute Gasteiger partial charge is 0.325 e. The minimum atomic E-state index is -0.994. The molecule has 18 heavy (non-hydrogen) atoms. The Hall–Kier alpha value is -0.610. The normalized spacial score (nSPS) is 36.1. The van der Waals surface area contributed by atoms with Gasteiger partial charge in [-0.1, -0.05) is 12.8 Å². The Labute approximate surface area is 109 Å². The van der Waals surface area contributed by atoms with Crippen molar-refractivity contribution in [2.24, 2.45) is 17.6 Å². The lowest BCUT2D eigenvalue weighted by atomic mass is 9.84. The minimum Gasteiger partial charge on any atom is -0.480 e. The van der Waals surface area contributed by atoms with Gasteiger partial charge in [0, 0.05) is 12.6 Å². The molecule has 0 spiro atoms. The zero-order valence-electron chi connectivity index (χ0n) is 11.0. The number of carboxylic acids is 1. The summed E-state index contributed by atoms with van der Waals surface area (Å²) in [6.07, 6.45) is 8.44. The minimum absolute atomic E-state index is 0.206. The number of likely N-dealkylation sites (tertiary alicyclic amines) is 1. The summed E-state index contributed by atoms with van der Waals surface area (Å²) >= 11 is 0. The average molecular weight is 252 g/mol. The van der Waals surface area contributed by atoms with Crippen molar-refractivity contribution >= 4 is 5.97 Å². The van der Waals surface area contributed by atoms with Crippen LogP contribution >= 0.6 is 0 Å². The van der Waals surface area contributed by atoms with E-state index in [0.29, 0.717) is 12.6 Å². The van der Waals surface area contributed by atoms with Crippen molar-refractivity contribution in [3.05, 3.63) is 0 Å². The molecule has 4 nitrogen and oxygen atoms in total. The highest BCUT2D eigenvalue weighted by atomic mass is 16.4. The zero-order valence-corrected chi connectivity index (χ0v) is 11.0. The fourth-order valence-corrected chi connectivity index (χ4v) is 4.01. The third-order valence-corrected chi connectivity index (χ3v) is 5.29. The van der Waals surface area contributed by atoms with E-state index in [2.05, 4.69) is 4.90 Å². The third kappa shape index (κ3) is 2.05. The Balaban J connectivity index is 1.69. The van der Waals surface area contributed by atoms with Crippen molar-refractivity contribution in [3.8, 4) is 0 Å². The van der Waals surface area contributed by atoms with Gasteiger partial charge in [0.15, 0.2) is 0 Å². The van der Waals surface area contributed by atoms with Crippen LogP contribution in [0.3, 0.4) is 0 Å². The topological polar surface area (TPSA) is 66.6 Å². The van der Waals surface area contributed by atoms with Crippen molar-refractivity contribution in [1.82, 2.24) is 4.90 Å². The van der Waals surface area contributed by atoms with E-state index in [1.807, 2.05) is 0 Å². The monoisotopic (exact) mass is 252 g/mol. The highest BCUT2D eigenvalue weighted by Gasteiger charge is 2.51. The molecule has 2 saturated carbocycles. The highest BCUT2D eigenvalue weighted by molar-refractivity contribution is 5.80. The van der Waals surface area contributed by atoms with Crippen LogP contribution in [0.1, 0.15) is 44.9 Å². The molecule has 0 aromatic heterocycles. The van der Waals surface area contributed by atoms with Crippen LogP contribution in [0.2, 0.25) is 0 Å². The highest BCUT2D eigenvalue weighted by Crippen LogP contribution is 2.42. The molecular formula is C14H24N2O2. The maximum Gasteiger partial charge on any atom is 0.325 e. The Bertz CT molecular complexity index is 343. The summed E-state index contributed by atoms with van der Waals surface area (Å²) in [5.41, 5.74) is 5.21. The van der Waals surface area contributed by atoms with E-state index in [1.54, 1.807) is 0 Å². The summed E-state index contributed by atoms with van der Waals surface area (Å²) in [4.78, 5) is 13.9. The van der Waals surface area contributed by atoms with Gasteiger partial charge in [-0.15, -0.1) is 0 Å². The first-order valence-corrected chi connectivity index (χ1v) is 7.37. The van der Waals surface area contributed by atoms with Crippen LogP contribution in [-0.4, -0.2) is 40.6 Å². The predicted octanol–water partition coefficient (Wildman–Crippen LogP) is 1.44. The predicted molar refractivity (Wildman–Crippen MR) is 69.2 cm³/mol. The molecule has 0 radical (unpaired) electrons. The van der Waals surface area contributed by atoms with E-state index in [-0.39, 0.29) is 5.92 Å². The lowest BCUT2D eigenvalue weighted by Crippen LogP contribution is -2.59.